The van der Waals surface area contributed by atoms with Crippen molar-refractivity contribution in [1.82, 2.24) is 4.90 Å². The molecule has 1 aliphatic heterocycles. The molecule has 0 atom stereocenters. The number of methoxy groups -OCH3 is 2. The van der Waals surface area contributed by atoms with Crippen LogP contribution in [0.15, 0.2) is 42.1 Å². The molecule has 170 valence electrons. The van der Waals surface area contributed by atoms with Crippen LogP contribution in [0.4, 0.5) is 5.69 Å². The second kappa shape index (κ2) is 10.3. The summed E-state index contributed by atoms with van der Waals surface area (Å²) in [4.78, 5) is 27.9. The van der Waals surface area contributed by atoms with E-state index < -0.39 is 0 Å². The molecule has 0 saturated heterocycles. The summed E-state index contributed by atoms with van der Waals surface area (Å²) in [6.07, 6.45) is 0.579. The molecule has 2 aromatic carbocycles. The highest BCUT2D eigenvalue weighted by Gasteiger charge is 2.39. The average molecular weight is 439 g/mol. The van der Waals surface area contributed by atoms with E-state index >= 15 is 0 Å². The number of amides is 2. The molecule has 7 heteroatoms. The molecule has 0 spiro atoms. The van der Waals surface area contributed by atoms with Crippen molar-refractivity contribution < 1.29 is 23.8 Å². The Labute approximate surface area is 189 Å². The van der Waals surface area contributed by atoms with Crippen LogP contribution in [0, 0.1) is 13.8 Å². The molecule has 32 heavy (non-hydrogen) atoms. The first-order chi connectivity index (χ1) is 15.4. The van der Waals surface area contributed by atoms with Crippen molar-refractivity contribution in [2.45, 2.75) is 27.2 Å². The molecule has 0 radical (unpaired) electrons. The average Bonchev–Trinajstić information content (AvgIpc) is 3.02. The number of nitrogens with zero attached hydrogens (tertiary/aromatic N) is 1. The first kappa shape index (κ1) is 23.3. The van der Waals surface area contributed by atoms with E-state index in [-0.39, 0.29) is 17.5 Å². The normalized spacial score (nSPS) is 13.7. The van der Waals surface area contributed by atoms with Gasteiger partial charge in [0.05, 0.1) is 19.8 Å². The Balaban J connectivity index is 1.99. The van der Waals surface area contributed by atoms with Gasteiger partial charge in [0, 0.05) is 31.5 Å². The molecule has 7 nitrogen and oxygen atoms in total. The summed E-state index contributed by atoms with van der Waals surface area (Å²) in [6, 6.07) is 11.0. The number of imide groups is 1. The smallest absolute Gasteiger partial charge is 0.278 e. The van der Waals surface area contributed by atoms with E-state index in [4.69, 9.17) is 14.2 Å². The fourth-order valence-corrected chi connectivity index (χ4v) is 3.59. The Morgan fingerprint density at radius 3 is 2.31 bits per heavy atom. The quantitative estimate of drug-likeness (QED) is 0.447. The molecule has 2 aromatic rings. The highest BCUT2D eigenvalue weighted by molar-refractivity contribution is 6.36. The zero-order valence-corrected chi connectivity index (χ0v) is 19.3. The van der Waals surface area contributed by atoms with Crippen LogP contribution in [0.3, 0.4) is 0 Å². The van der Waals surface area contributed by atoms with Crippen LogP contribution >= 0.6 is 0 Å². The third-order valence-electron chi connectivity index (χ3n) is 5.49. The lowest BCUT2D eigenvalue weighted by Gasteiger charge is -2.15. The number of rotatable bonds is 10. The van der Waals surface area contributed by atoms with Crippen LogP contribution in [0.2, 0.25) is 0 Å². The number of anilines is 1. The van der Waals surface area contributed by atoms with Crippen molar-refractivity contribution in [3.05, 3.63) is 58.8 Å². The molecule has 0 unspecified atom stereocenters. The standard InChI is InChI=1S/C25H30N2O5/c1-6-32-13-7-12-27-24(28)22(18-9-8-16(2)17(3)14-18)23(25(27)29)26-19-10-11-20(30-4)21(15-19)31-5/h8-11,14-15,26H,6-7,12-13H2,1-5H3. The molecular formula is C25H30N2O5. The summed E-state index contributed by atoms with van der Waals surface area (Å²) in [7, 11) is 3.11. The van der Waals surface area contributed by atoms with Gasteiger partial charge in [0.15, 0.2) is 11.5 Å². The van der Waals surface area contributed by atoms with Crippen molar-refractivity contribution >= 4 is 23.1 Å². The zero-order valence-electron chi connectivity index (χ0n) is 19.3. The maximum absolute atomic E-state index is 13.3. The highest BCUT2D eigenvalue weighted by Crippen LogP contribution is 2.34. The second-order valence-electron chi connectivity index (χ2n) is 7.56. The van der Waals surface area contributed by atoms with E-state index in [0.29, 0.717) is 54.5 Å². The molecule has 0 aromatic heterocycles. The van der Waals surface area contributed by atoms with Crippen molar-refractivity contribution in [2.24, 2.45) is 0 Å². The molecule has 1 aliphatic rings. The number of carbonyl (C=O) groups excluding carboxylic acids is 2. The van der Waals surface area contributed by atoms with Gasteiger partial charge in [0.2, 0.25) is 0 Å². The van der Waals surface area contributed by atoms with Gasteiger partial charge in [0.25, 0.3) is 11.8 Å². The van der Waals surface area contributed by atoms with Gasteiger partial charge in [-0.1, -0.05) is 18.2 Å². The summed E-state index contributed by atoms with van der Waals surface area (Å²) >= 11 is 0. The van der Waals surface area contributed by atoms with Crippen molar-refractivity contribution in [2.75, 3.05) is 39.3 Å². The number of benzene rings is 2. The minimum atomic E-state index is -0.352. The third kappa shape index (κ3) is 4.78. The minimum Gasteiger partial charge on any atom is -0.493 e. The number of ether oxygens (including phenoxy) is 3. The van der Waals surface area contributed by atoms with Crippen LogP contribution in [0.5, 0.6) is 11.5 Å². The fraction of sp³-hybridized carbons (Fsp3) is 0.360. The number of carbonyl (C=O) groups is 2. The number of hydrogen-bond acceptors (Lipinski definition) is 6. The number of nitrogens with one attached hydrogen (secondary N) is 1. The highest BCUT2D eigenvalue weighted by atomic mass is 16.5. The first-order valence-electron chi connectivity index (χ1n) is 10.7. The third-order valence-corrected chi connectivity index (χ3v) is 5.49. The van der Waals surface area contributed by atoms with Gasteiger partial charge in [-0.05, 0) is 56.0 Å². The molecule has 0 saturated carbocycles. The van der Waals surface area contributed by atoms with Crippen LogP contribution in [-0.4, -0.2) is 50.7 Å². The second-order valence-corrected chi connectivity index (χ2v) is 7.56. The van der Waals surface area contributed by atoms with Crippen LogP contribution < -0.4 is 14.8 Å². The minimum absolute atomic E-state index is 0.252. The summed E-state index contributed by atoms with van der Waals surface area (Å²) in [5.41, 5.74) is 4.12. The molecule has 0 aliphatic carbocycles. The predicted molar refractivity (Wildman–Crippen MR) is 124 cm³/mol. The molecule has 2 amide bonds. The summed E-state index contributed by atoms with van der Waals surface area (Å²) in [6.45, 7) is 7.30. The number of aryl methyl sites for hydroxylation is 2. The SMILES string of the molecule is CCOCCCN1C(=O)C(Nc2ccc(OC)c(OC)c2)=C(c2ccc(C)c(C)c2)C1=O. The number of hydrogen-bond donors (Lipinski definition) is 1. The Kier molecular flexibility index (Phi) is 7.53. The lowest BCUT2D eigenvalue weighted by Crippen LogP contribution is -2.34. The van der Waals surface area contributed by atoms with Gasteiger partial charge in [-0.3, -0.25) is 14.5 Å². The Hall–Kier alpha value is -3.32. The lowest BCUT2D eigenvalue weighted by molar-refractivity contribution is -0.137. The van der Waals surface area contributed by atoms with Crippen LogP contribution in [0.1, 0.15) is 30.0 Å². The molecular weight excluding hydrogens is 408 g/mol. The molecule has 0 fully saturated rings. The topological polar surface area (TPSA) is 77.1 Å². The van der Waals surface area contributed by atoms with Gasteiger partial charge in [-0.25, -0.2) is 0 Å². The van der Waals surface area contributed by atoms with Gasteiger partial charge in [-0.2, -0.15) is 0 Å². The Bertz CT molecular complexity index is 1040. The largest absolute Gasteiger partial charge is 0.493 e. The van der Waals surface area contributed by atoms with E-state index in [1.165, 1.54) is 4.90 Å². The van der Waals surface area contributed by atoms with Gasteiger partial charge < -0.3 is 19.5 Å². The maximum Gasteiger partial charge on any atom is 0.278 e. The summed E-state index contributed by atoms with van der Waals surface area (Å²) in [5.74, 6) is 0.441. The van der Waals surface area contributed by atoms with Gasteiger partial charge in [-0.15, -0.1) is 0 Å². The van der Waals surface area contributed by atoms with Crippen molar-refractivity contribution in [3.8, 4) is 11.5 Å². The fourth-order valence-electron chi connectivity index (χ4n) is 3.59. The van der Waals surface area contributed by atoms with E-state index in [0.717, 1.165) is 11.1 Å². The molecule has 1 N–H and O–H groups in total. The molecule has 0 bridgehead atoms. The van der Waals surface area contributed by atoms with Crippen molar-refractivity contribution in [3.63, 3.8) is 0 Å². The van der Waals surface area contributed by atoms with E-state index in [9.17, 15) is 9.59 Å². The van der Waals surface area contributed by atoms with Gasteiger partial charge in [0.1, 0.15) is 5.70 Å². The van der Waals surface area contributed by atoms with E-state index in [1.54, 1.807) is 32.4 Å². The monoisotopic (exact) mass is 438 g/mol. The summed E-state index contributed by atoms with van der Waals surface area (Å²) < 4.78 is 16.0. The molecule has 3 rings (SSSR count). The van der Waals surface area contributed by atoms with E-state index in [1.807, 2.05) is 39.0 Å². The van der Waals surface area contributed by atoms with Crippen LogP contribution in [0.25, 0.3) is 5.57 Å². The van der Waals surface area contributed by atoms with Crippen molar-refractivity contribution in [1.29, 1.82) is 0 Å². The zero-order chi connectivity index (χ0) is 23.3. The maximum atomic E-state index is 13.3. The lowest BCUT2D eigenvalue weighted by atomic mass is 9.99. The predicted octanol–water partition coefficient (Wildman–Crippen LogP) is 3.94. The first-order valence-corrected chi connectivity index (χ1v) is 10.7. The Morgan fingerprint density at radius 2 is 1.66 bits per heavy atom. The molecule has 1 heterocycles. The van der Waals surface area contributed by atoms with E-state index in [2.05, 4.69) is 5.32 Å². The van der Waals surface area contributed by atoms with Crippen LogP contribution in [-0.2, 0) is 14.3 Å². The summed E-state index contributed by atoms with van der Waals surface area (Å²) in [5, 5.41) is 3.16. The van der Waals surface area contributed by atoms with Gasteiger partial charge >= 0.3 is 0 Å². The Morgan fingerprint density at radius 1 is 0.906 bits per heavy atom.